The lowest BCUT2D eigenvalue weighted by atomic mass is 10.1. The van der Waals surface area contributed by atoms with E-state index < -0.39 is 0 Å². The molecule has 0 radical (unpaired) electrons. The van der Waals surface area contributed by atoms with Gasteiger partial charge < -0.3 is 15.1 Å². The number of carbonyl (C=O) groups excluding carboxylic acids is 2. The minimum Gasteiger partial charge on any atom is -0.355 e. The van der Waals surface area contributed by atoms with E-state index in [0.717, 1.165) is 12.1 Å². The molecule has 0 aromatic heterocycles. The first-order valence-electron chi connectivity index (χ1n) is 8.32. The zero-order valence-electron chi connectivity index (χ0n) is 14.9. The molecular formula is C18H27N3O2S. The van der Waals surface area contributed by atoms with Gasteiger partial charge in [-0.2, -0.15) is 0 Å². The Balaban J connectivity index is 1.95. The summed E-state index contributed by atoms with van der Waals surface area (Å²) < 4.78 is 0. The number of likely N-dealkylation sites (N-methyl/N-ethyl adjacent to an activating group) is 1. The van der Waals surface area contributed by atoms with Gasteiger partial charge in [0, 0.05) is 26.1 Å². The Bertz CT molecular complexity index is 591. The van der Waals surface area contributed by atoms with Crippen LogP contribution >= 0.6 is 11.8 Å². The fourth-order valence-corrected chi connectivity index (χ4v) is 4.01. The summed E-state index contributed by atoms with van der Waals surface area (Å²) in [7, 11) is 3.94. The highest BCUT2D eigenvalue weighted by Gasteiger charge is 2.38. The van der Waals surface area contributed by atoms with Gasteiger partial charge in [0.25, 0.3) is 0 Å². The predicted octanol–water partition coefficient (Wildman–Crippen LogP) is 2.03. The van der Waals surface area contributed by atoms with Gasteiger partial charge in [-0.1, -0.05) is 29.8 Å². The van der Waals surface area contributed by atoms with Crippen LogP contribution in [-0.4, -0.2) is 60.6 Å². The van der Waals surface area contributed by atoms with Gasteiger partial charge in [0.15, 0.2) is 0 Å². The Morgan fingerprint density at radius 3 is 2.79 bits per heavy atom. The van der Waals surface area contributed by atoms with Crippen LogP contribution in [0.3, 0.4) is 0 Å². The van der Waals surface area contributed by atoms with Gasteiger partial charge in [-0.25, -0.2) is 0 Å². The maximum atomic E-state index is 12.5. The summed E-state index contributed by atoms with van der Waals surface area (Å²) in [5.74, 6) is 0.116. The lowest BCUT2D eigenvalue weighted by Crippen LogP contribution is -2.36. The fourth-order valence-electron chi connectivity index (χ4n) is 2.71. The van der Waals surface area contributed by atoms with Crippen LogP contribution in [0.5, 0.6) is 0 Å². The van der Waals surface area contributed by atoms with Crippen LogP contribution in [0, 0.1) is 6.92 Å². The summed E-state index contributed by atoms with van der Waals surface area (Å²) in [6.45, 7) is 5.89. The number of aryl methyl sites for hydroxylation is 1. The van der Waals surface area contributed by atoms with Gasteiger partial charge in [-0.15, -0.1) is 11.8 Å². The van der Waals surface area contributed by atoms with Gasteiger partial charge in [-0.05, 0) is 33.5 Å². The number of hydrogen-bond donors (Lipinski definition) is 1. The highest BCUT2D eigenvalue weighted by molar-refractivity contribution is 8.01. The SMILES string of the molecule is Cc1cccc([C@H]2S[C@H](C)C(=O)N2CCC(=O)NCCN(C)C)c1. The zero-order chi connectivity index (χ0) is 17.7. The number of benzene rings is 1. The van der Waals surface area contributed by atoms with Crippen LogP contribution in [0.2, 0.25) is 0 Å². The first-order chi connectivity index (χ1) is 11.4. The summed E-state index contributed by atoms with van der Waals surface area (Å²) in [4.78, 5) is 28.3. The van der Waals surface area contributed by atoms with Gasteiger partial charge in [0.2, 0.25) is 11.8 Å². The van der Waals surface area contributed by atoms with Gasteiger partial charge in [0.05, 0.1) is 5.25 Å². The Labute approximate surface area is 148 Å². The lowest BCUT2D eigenvalue weighted by Gasteiger charge is -2.24. The van der Waals surface area contributed by atoms with E-state index in [2.05, 4.69) is 30.4 Å². The van der Waals surface area contributed by atoms with Crippen molar-refractivity contribution in [3.05, 3.63) is 35.4 Å². The normalized spacial score (nSPS) is 20.7. The Hall–Kier alpha value is -1.53. The van der Waals surface area contributed by atoms with Gasteiger partial charge in [-0.3, -0.25) is 9.59 Å². The molecule has 2 rings (SSSR count). The number of thioether (sulfide) groups is 1. The molecule has 2 amide bonds. The molecule has 1 N–H and O–H groups in total. The number of rotatable bonds is 7. The first kappa shape index (κ1) is 18.8. The molecular weight excluding hydrogens is 322 g/mol. The van der Waals surface area contributed by atoms with E-state index in [0.29, 0.717) is 19.5 Å². The van der Waals surface area contributed by atoms with Crippen LogP contribution in [0.1, 0.15) is 29.8 Å². The summed E-state index contributed by atoms with van der Waals surface area (Å²) in [5.41, 5.74) is 2.31. The second-order valence-electron chi connectivity index (χ2n) is 6.48. The number of nitrogens with one attached hydrogen (secondary N) is 1. The molecule has 24 heavy (non-hydrogen) atoms. The quantitative estimate of drug-likeness (QED) is 0.818. The second-order valence-corrected chi connectivity index (χ2v) is 7.91. The van der Waals surface area contributed by atoms with E-state index in [1.807, 2.05) is 36.9 Å². The molecule has 1 fully saturated rings. The standard InChI is InChI=1S/C18H27N3O2S/c1-13-6-5-7-15(12-13)18-21(17(23)14(2)24-18)10-8-16(22)19-9-11-20(3)4/h5-7,12,14,18H,8-11H2,1-4H3,(H,19,22)/t14-,18-/m1/s1. The number of nitrogens with zero attached hydrogens (tertiary/aromatic N) is 2. The molecule has 1 aromatic rings. The average Bonchev–Trinajstić information content (AvgIpc) is 2.80. The maximum absolute atomic E-state index is 12.5. The summed E-state index contributed by atoms with van der Waals surface area (Å²) in [5, 5.41) is 2.84. The minimum absolute atomic E-state index is 0.00183. The van der Waals surface area contributed by atoms with Crippen molar-refractivity contribution >= 4 is 23.6 Å². The third-order valence-corrected chi connectivity index (χ3v) is 5.43. The molecule has 2 atom stereocenters. The van der Waals surface area contributed by atoms with E-state index >= 15 is 0 Å². The summed E-state index contributed by atoms with van der Waals surface area (Å²) >= 11 is 1.65. The summed E-state index contributed by atoms with van der Waals surface area (Å²) in [6, 6.07) is 8.25. The highest BCUT2D eigenvalue weighted by atomic mass is 32.2. The van der Waals surface area contributed by atoms with Crippen molar-refractivity contribution in [2.75, 3.05) is 33.7 Å². The third kappa shape index (κ3) is 4.98. The smallest absolute Gasteiger partial charge is 0.236 e. The molecule has 0 aliphatic carbocycles. The van der Waals surface area contributed by atoms with Crippen LogP contribution in [0.4, 0.5) is 0 Å². The lowest BCUT2D eigenvalue weighted by molar-refractivity contribution is -0.130. The average molecular weight is 350 g/mol. The number of hydrogen-bond acceptors (Lipinski definition) is 4. The molecule has 0 unspecified atom stereocenters. The van der Waals surface area contributed by atoms with Crippen LogP contribution in [0.25, 0.3) is 0 Å². The van der Waals surface area contributed by atoms with Gasteiger partial charge in [0.1, 0.15) is 5.37 Å². The van der Waals surface area contributed by atoms with E-state index in [4.69, 9.17) is 0 Å². The van der Waals surface area contributed by atoms with Crippen molar-refractivity contribution in [1.82, 2.24) is 15.1 Å². The first-order valence-corrected chi connectivity index (χ1v) is 9.26. The molecule has 1 aliphatic rings. The Kier molecular flexibility index (Phi) is 6.69. The molecule has 132 valence electrons. The fraction of sp³-hybridized carbons (Fsp3) is 0.556. The van der Waals surface area contributed by atoms with E-state index in [1.165, 1.54) is 5.56 Å². The highest BCUT2D eigenvalue weighted by Crippen LogP contribution is 2.42. The second kappa shape index (κ2) is 8.53. The van der Waals surface area contributed by atoms with Crippen molar-refractivity contribution in [3.8, 4) is 0 Å². The van der Waals surface area contributed by atoms with Crippen molar-refractivity contribution < 1.29 is 9.59 Å². The van der Waals surface area contributed by atoms with E-state index in [1.54, 1.807) is 11.8 Å². The topological polar surface area (TPSA) is 52.7 Å². The maximum Gasteiger partial charge on any atom is 0.236 e. The molecule has 6 heteroatoms. The molecule has 1 saturated heterocycles. The van der Waals surface area contributed by atoms with Crippen molar-refractivity contribution in [1.29, 1.82) is 0 Å². The minimum atomic E-state index is -0.0627. The van der Waals surface area contributed by atoms with Crippen molar-refractivity contribution in [3.63, 3.8) is 0 Å². The Morgan fingerprint density at radius 1 is 1.38 bits per heavy atom. The predicted molar refractivity (Wildman–Crippen MR) is 98.9 cm³/mol. The molecule has 0 bridgehead atoms. The van der Waals surface area contributed by atoms with Crippen LogP contribution in [-0.2, 0) is 9.59 Å². The molecule has 0 spiro atoms. The number of carbonyl (C=O) groups is 2. The van der Waals surface area contributed by atoms with E-state index in [9.17, 15) is 9.59 Å². The monoisotopic (exact) mass is 349 g/mol. The molecule has 1 aliphatic heterocycles. The van der Waals surface area contributed by atoms with Crippen LogP contribution in [0.15, 0.2) is 24.3 Å². The van der Waals surface area contributed by atoms with Crippen molar-refractivity contribution in [2.24, 2.45) is 0 Å². The van der Waals surface area contributed by atoms with Gasteiger partial charge >= 0.3 is 0 Å². The zero-order valence-corrected chi connectivity index (χ0v) is 15.7. The van der Waals surface area contributed by atoms with E-state index in [-0.39, 0.29) is 22.4 Å². The number of amides is 2. The third-order valence-electron chi connectivity index (χ3n) is 4.04. The molecule has 1 aromatic carbocycles. The Morgan fingerprint density at radius 2 is 2.12 bits per heavy atom. The van der Waals surface area contributed by atoms with Crippen molar-refractivity contribution in [2.45, 2.75) is 30.9 Å². The molecule has 1 heterocycles. The molecule has 0 saturated carbocycles. The summed E-state index contributed by atoms with van der Waals surface area (Å²) in [6.07, 6.45) is 0.342. The molecule has 5 nitrogen and oxygen atoms in total. The van der Waals surface area contributed by atoms with Crippen LogP contribution < -0.4 is 5.32 Å². The largest absolute Gasteiger partial charge is 0.355 e.